The van der Waals surface area contributed by atoms with E-state index in [1.54, 1.807) is 6.26 Å². The van der Waals surface area contributed by atoms with Crippen LogP contribution in [0.2, 0.25) is 0 Å². The van der Waals surface area contributed by atoms with Gasteiger partial charge in [-0.1, -0.05) is 30.3 Å². The Morgan fingerprint density at radius 1 is 1.15 bits per heavy atom. The zero-order chi connectivity index (χ0) is 17.9. The Morgan fingerprint density at radius 2 is 1.92 bits per heavy atom. The first-order chi connectivity index (χ1) is 12.7. The van der Waals surface area contributed by atoms with Crippen molar-refractivity contribution in [3.05, 3.63) is 59.5 Å². The van der Waals surface area contributed by atoms with E-state index in [4.69, 9.17) is 14.9 Å². The van der Waals surface area contributed by atoms with Crippen molar-refractivity contribution >= 4 is 5.91 Å². The van der Waals surface area contributed by atoms with Gasteiger partial charge in [0, 0.05) is 38.1 Å². The summed E-state index contributed by atoms with van der Waals surface area (Å²) < 4.78 is 11.0. The Morgan fingerprint density at radius 3 is 2.69 bits per heavy atom. The molecule has 1 amide bonds. The number of furan rings is 1. The third-order valence-electron chi connectivity index (χ3n) is 5.26. The molecule has 2 aromatic rings. The predicted octanol–water partition coefficient (Wildman–Crippen LogP) is 1.68. The number of nitrogens with zero attached hydrogens (tertiary/aromatic N) is 2. The SMILES string of the molecule is N[C@@H]1CN(C(=O)c2coc(CN3CCOCC3)c2)C[C@H]1c1ccccc1. The van der Waals surface area contributed by atoms with Crippen LogP contribution in [0.15, 0.2) is 47.1 Å². The van der Waals surface area contributed by atoms with Crippen LogP contribution in [0.1, 0.15) is 27.6 Å². The Kier molecular flexibility index (Phi) is 5.06. The predicted molar refractivity (Wildman–Crippen MR) is 97.9 cm³/mol. The van der Waals surface area contributed by atoms with Crippen molar-refractivity contribution in [3.63, 3.8) is 0 Å². The lowest BCUT2D eigenvalue weighted by atomic mass is 9.95. The molecule has 2 aliphatic heterocycles. The fraction of sp³-hybridized carbons (Fsp3) is 0.450. The molecule has 138 valence electrons. The van der Waals surface area contributed by atoms with Gasteiger partial charge < -0.3 is 19.8 Å². The first-order valence-corrected chi connectivity index (χ1v) is 9.18. The molecule has 4 rings (SSSR count). The smallest absolute Gasteiger partial charge is 0.257 e. The summed E-state index contributed by atoms with van der Waals surface area (Å²) in [4.78, 5) is 17.0. The standard InChI is InChI=1S/C20H25N3O3/c21-19-13-23(12-18(19)15-4-2-1-3-5-15)20(24)16-10-17(26-14-16)11-22-6-8-25-9-7-22/h1-5,10,14,18-19H,6-9,11-13,21H2/t18-,19+/m0/s1. The fourth-order valence-corrected chi connectivity index (χ4v) is 3.79. The van der Waals surface area contributed by atoms with E-state index in [0.29, 0.717) is 25.2 Å². The summed E-state index contributed by atoms with van der Waals surface area (Å²) in [5.41, 5.74) is 8.11. The van der Waals surface area contributed by atoms with Crippen LogP contribution < -0.4 is 5.73 Å². The molecule has 6 nitrogen and oxygen atoms in total. The molecule has 6 heteroatoms. The van der Waals surface area contributed by atoms with Gasteiger partial charge in [-0.05, 0) is 11.6 Å². The van der Waals surface area contributed by atoms with Crippen molar-refractivity contribution < 1.29 is 13.9 Å². The van der Waals surface area contributed by atoms with Gasteiger partial charge in [0.25, 0.3) is 5.91 Å². The van der Waals surface area contributed by atoms with Crippen molar-refractivity contribution in [3.8, 4) is 0 Å². The molecule has 0 spiro atoms. The van der Waals surface area contributed by atoms with Gasteiger partial charge in [0.2, 0.25) is 0 Å². The first kappa shape index (κ1) is 17.3. The summed E-state index contributed by atoms with van der Waals surface area (Å²) >= 11 is 0. The molecule has 1 aromatic heterocycles. The van der Waals surface area contributed by atoms with Crippen LogP contribution in [0.4, 0.5) is 0 Å². The van der Waals surface area contributed by atoms with Gasteiger partial charge >= 0.3 is 0 Å². The third-order valence-corrected chi connectivity index (χ3v) is 5.26. The Labute approximate surface area is 153 Å². The number of ether oxygens (including phenoxy) is 1. The van der Waals surface area contributed by atoms with Gasteiger partial charge in [-0.3, -0.25) is 9.69 Å². The quantitative estimate of drug-likeness (QED) is 0.903. The molecule has 0 unspecified atom stereocenters. The van der Waals surface area contributed by atoms with E-state index in [0.717, 1.165) is 32.1 Å². The number of hydrogen-bond acceptors (Lipinski definition) is 5. The largest absolute Gasteiger partial charge is 0.467 e. The van der Waals surface area contributed by atoms with Gasteiger partial charge in [-0.25, -0.2) is 0 Å². The van der Waals surface area contributed by atoms with E-state index in [2.05, 4.69) is 17.0 Å². The number of morpholine rings is 1. The second-order valence-corrected chi connectivity index (χ2v) is 7.08. The number of carbonyl (C=O) groups is 1. The van der Waals surface area contributed by atoms with Gasteiger partial charge in [0.05, 0.1) is 25.3 Å². The van der Waals surface area contributed by atoms with E-state index in [-0.39, 0.29) is 17.9 Å². The minimum absolute atomic E-state index is 0.00383. The molecule has 26 heavy (non-hydrogen) atoms. The van der Waals surface area contributed by atoms with Crippen LogP contribution in [0.3, 0.4) is 0 Å². The summed E-state index contributed by atoms with van der Waals surface area (Å²) in [5, 5.41) is 0. The molecule has 0 bridgehead atoms. The van der Waals surface area contributed by atoms with Gasteiger partial charge in [-0.15, -0.1) is 0 Å². The van der Waals surface area contributed by atoms with Gasteiger partial charge in [0.15, 0.2) is 0 Å². The molecular weight excluding hydrogens is 330 g/mol. The van der Waals surface area contributed by atoms with Crippen molar-refractivity contribution in [2.45, 2.75) is 18.5 Å². The maximum absolute atomic E-state index is 12.9. The molecule has 2 fully saturated rings. The number of nitrogens with two attached hydrogens (primary N) is 1. The third kappa shape index (κ3) is 3.67. The van der Waals surface area contributed by atoms with E-state index in [1.807, 2.05) is 29.2 Å². The molecule has 2 atom stereocenters. The molecule has 0 aliphatic carbocycles. The fourth-order valence-electron chi connectivity index (χ4n) is 3.79. The van der Waals surface area contributed by atoms with Crippen molar-refractivity contribution in [2.75, 3.05) is 39.4 Å². The summed E-state index contributed by atoms with van der Waals surface area (Å²) in [5.74, 6) is 0.995. The van der Waals surface area contributed by atoms with Crippen molar-refractivity contribution in [1.29, 1.82) is 0 Å². The number of carbonyl (C=O) groups excluding carboxylic acids is 1. The molecule has 1 aromatic carbocycles. The van der Waals surface area contributed by atoms with Crippen LogP contribution in [0.25, 0.3) is 0 Å². The Bertz CT molecular complexity index is 740. The lowest BCUT2D eigenvalue weighted by Gasteiger charge is -2.25. The second-order valence-electron chi connectivity index (χ2n) is 7.08. The summed E-state index contributed by atoms with van der Waals surface area (Å²) in [6, 6.07) is 12.0. The maximum atomic E-state index is 12.9. The lowest BCUT2D eigenvalue weighted by molar-refractivity contribution is 0.0313. The molecular formula is C20H25N3O3. The highest BCUT2D eigenvalue weighted by atomic mass is 16.5. The molecule has 0 radical (unpaired) electrons. The van der Waals surface area contributed by atoms with Crippen molar-refractivity contribution in [1.82, 2.24) is 9.80 Å². The highest BCUT2D eigenvalue weighted by Crippen LogP contribution is 2.27. The van der Waals surface area contributed by atoms with Crippen LogP contribution in [0.5, 0.6) is 0 Å². The highest BCUT2D eigenvalue weighted by molar-refractivity contribution is 5.94. The molecule has 0 saturated carbocycles. The van der Waals surface area contributed by atoms with Gasteiger partial charge in [-0.2, -0.15) is 0 Å². The topological polar surface area (TPSA) is 71.9 Å². The Hall–Kier alpha value is -2.15. The average molecular weight is 355 g/mol. The zero-order valence-electron chi connectivity index (χ0n) is 14.8. The molecule has 2 aliphatic rings. The van der Waals surface area contributed by atoms with Crippen LogP contribution in [-0.4, -0.2) is 61.1 Å². The number of hydrogen-bond donors (Lipinski definition) is 1. The maximum Gasteiger partial charge on any atom is 0.257 e. The number of likely N-dealkylation sites (tertiary alicyclic amines) is 1. The molecule has 2 N–H and O–H groups in total. The van der Waals surface area contributed by atoms with Gasteiger partial charge in [0.1, 0.15) is 12.0 Å². The van der Waals surface area contributed by atoms with E-state index in [1.165, 1.54) is 5.56 Å². The van der Waals surface area contributed by atoms with Crippen LogP contribution in [0, 0.1) is 0 Å². The summed E-state index contributed by atoms with van der Waals surface area (Å²) in [6.07, 6.45) is 1.57. The zero-order valence-corrected chi connectivity index (χ0v) is 14.8. The number of rotatable bonds is 4. The summed E-state index contributed by atoms with van der Waals surface area (Å²) in [7, 11) is 0. The minimum Gasteiger partial charge on any atom is -0.467 e. The minimum atomic E-state index is -0.0407. The second kappa shape index (κ2) is 7.61. The highest BCUT2D eigenvalue weighted by Gasteiger charge is 2.34. The monoisotopic (exact) mass is 355 g/mol. The van der Waals surface area contributed by atoms with E-state index >= 15 is 0 Å². The lowest BCUT2D eigenvalue weighted by Crippen LogP contribution is -2.35. The molecule has 3 heterocycles. The van der Waals surface area contributed by atoms with E-state index in [9.17, 15) is 4.79 Å². The number of benzene rings is 1. The van der Waals surface area contributed by atoms with Crippen LogP contribution >= 0.6 is 0 Å². The number of amides is 1. The van der Waals surface area contributed by atoms with Crippen molar-refractivity contribution in [2.24, 2.45) is 5.73 Å². The normalized spacial score (nSPS) is 24.1. The molecule has 2 saturated heterocycles. The Balaban J connectivity index is 1.40. The average Bonchev–Trinajstić information content (AvgIpc) is 3.29. The summed E-state index contributed by atoms with van der Waals surface area (Å²) in [6.45, 7) is 5.21. The van der Waals surface area contributed by atoms with Crippen LogP contribution in [-0.2, 0) is 11.3 Å². The first-order valence-electron chi connectivity index (χ1n) is 9.18. The van der Waals surface area contributed by atoms with E-state index < -0.39 is 0 Å².